The number of β-lactam (4-membered cyclic amide) rings is 1. The highest BCUT2D eigenvalue weighted by atomic mass is 32.2. The molecule has 0 bridgehead atoms. The summed E-state index contributed by atoms with van der Waals surface area (Å²) >= 11 is -1.58. The Morgan fingerprint density at radius 1 is 1.52 bits per heavy atom. The summed E-state index contributed by atoms with van der Waals surface area (Å²) in [6.07, 6.45) is -0.646. The standard InChI is InChI=1S/C13H19N3O6S/c1-5(17)9-8-2-6(3-23(22)4-7(14)11(15)18)10(13(20)21)16(8)12(9)19/h5,7-9,17H,2-4,14H2,1H3,(H2,15,18)(H,20,21). The van der Waals surface area contributed by atoms with Crippen molar-refractivity contribution >= 4 is 29.0 Å². The highest BCUT2D eigenvalue weighted by Crippen LogP contribution is 2.43. The largest absolute Gasteiger partial charge is 0.616 e. The maximum atomic E-state index is 12.1. The van der Waals surface area contributed by atoms with E-state index in [4.69, 9.17) is 11.5 Å². The Labute approximate surface area is 135 Å². The fourth-order valence-electron chi connectivity index (χ4n) is 3.03. The van der Waals surface area contributed by atoms with E-state index in [1.807, 2.05) is 0 Å². The number of carbonyl (C=O) groups is 3. The maximum absolute atomic E-state index is 12.1. The molecule has 2 rings (SSSR count). The number of carboxylic acid groups (broad SMARTS) is 1. The molecule has 23 heavy (non-hydrogen) atoms. The number of nitrogens with zero attached hydrogens (tertiary/aromatic N) is 1. The van der Waals surface area contributed by atoms with Crippen LogP contribution in [0.15, 0.2) is 11.3 Å². The number of fused-ring (bicyclic) bond motifs is 1. The number of hydrogen-bond acceptors (Lipinski definition) is 6. The summed E-state index contributed by atoms with van der Waals surface area (Å²) in [6.45, 7) is 1.47. The van der Waals surface area contributed by atoms with Gasteiger partial charge >= 0.3 is 5.97 Å². The minimum atomic E-state index is -1.58. The van der Waals surface area contributed by atoms with Crippen LogP contribution in [0.2, 0.25) is 0 Å². The lowest BCUT2D eigenvalue weighted by Crippen LogP contribution is -2.61. The highest BCUT2D eigenvalue weighted by Gasteiger charge is 2.57. The molecule has 10 heteroatoms. The van der Waals surface area contributed by atoms with E-state index < -0.39 is 53.1 Å². The van der Waals surface area contributed by atoms with Crippen molar-refractivity contribution in [3.63, 3.8) is 0 Å². The van der Waals surface area contributed by atoms with Crippen molar-refractivity contribution in [2.24, 2.45) is 17.4 Å². The Kier molecular flexibility index (Phi) is 4.99. The average Bonchev–Trinajstić information content (AvgIpc) is 2.72. The van der Waals surface area contributed by atoms with Crippen LogP contribution in [0.4, 0.5) is 0 Å². The fraction of sp³-hybridized carbons (Fsp3) is 0.615. The van der Waals surface area contributed by atoms with E-state index in [1.165, 1.54) is 6.92 Å². The predicted octanol–water partition coefficient (Wildman–Crippen LogP) is -2.50. The van der Waals surface area contributed by atoms with Crippen LogP contribution in [0.1, 0.15) is 13.3 Å². The van der Waals surface area contributed by atoms with Crippen molar-refractivity contribution in [3.05, 3.63) is 11.3 Å². The zero-order valence-corrected chi connectivity index (χ0v) is 13.3. The molecule has 0 radical (unpaired) electrons. The molecule has 0 spiro atoms. The quantitative estimate of drug-likeness (QED) is 0.292. The number of hydrogen-bond donors (Lipinski definition) is 4. The van der Waals surface area contributed by atoms with Crippen LogP contribution in [0.3, 0.4) is 0 Å². The summed E-state index contributed by atoms with van der Waals surface area (Å²) in [4.78, 5) is 35.5. The second-order valence-corrected chi connectivity index (χ2v) is 7.26. The van der Waals surface area contributed by atoms with Crippen LogP contribution in [-0.2, 0) is 25.6 Å². The van der Waals surface area contributed by atoms with E-state index in [1.54, 1.807) is 0 Å². The van der Waals surface area contributed by atoms with Crippen molar-refractivity contribution in [1.29, 1.82) is 0 Å². The minimum Gasteiger partial charge on any atom is -0.616 e. The monoisotopic (exact) mass is 345 g/mol. The van der Waals surface area contributed by atoms with Gasteiger partial charge in [0.25, 0.3) is 0 Å². The first-order valence-corrected chi connectivity index (χ1v) is 8.50. The molecule has 5 atom stereocenters. The first-order chi connectivity index (χ1) is 10.6. The molecule has 0 aromatic carbocycles. The number of aliphatic carboxylic acids is 1. The molecule has 1 fully saturated rings. The average molecular weight is 345 g/mol. The number of primary amides is 1. The summed E-state index contributed by atoms with van der Waals surface area (Å²) in [5, 5.41) is 18.9. The van der Waals surface area contributed by atoms with E-state index in [9.17, 15) is 29.1 Å². The van der Waals surface area contributed by atoms with Crippen molar-refractivity contribution in [1.82, 2.24) is 4.90 Å². The first kappa shape index (κ1) is 17.7. The third kappa shape index (κ3) is 3.20. The molecule has 0 aromatic rings. The predicted molar refractivity (Wildman–Crippen MR) is 80.1 cm³/mol. The summed E-state index contributed by atoms with van der Waals surface area (Å²) in [5.74, 6) is -3.44. The minimum absolute atomic E-state index is 0.102. The van der Waals surface area contributed by atoms with Crippen LogP contribution >= 0.6 is 0 Å². The van der Waals surface area contributed by atoms with Gasteiger partial charge in [0.2, 0.25) is 11.8 Å². The molecule has 1 saturated heterocycles. The summed E-state index contributed by atoms with van der Waals surface area (Å²) in [6, 6.07) is -1.50. The molecule has 128 valence electrons. The molecule has 2 aliphatic rings. The van der Waals surface area contributed by atoms with Crippen LogP contribution < -0.4 is 11.5 Å². The van der Waals surface area contributed by atoms with Gasteiger partial charge in [-0.25, -0.2) is 4.79 Å². The van der Waals surface area contributed by atoms with Gasteiger partial charge in [-0.2, -0.15) is 0 Å². The van der Waals surface area contributed by atoms with Crippen LogP contribution in [-0.4, -0.2) is 67.1 Å². The van der Waals surface area contributed by atoms with Gasteiger partial charge in [0.05, 0.1) is 18.1 Å². The van der Waals surface area contributed by atoms with Gasteiger partial charge in [-0.05, 0) is 24.5 Å². The summed E-state index contributed by atoms with van der Waals surface area (Å²) in [7, 11) is 0. The molecule has 5 unspecified atom stereocenters. The number of aliphatic hydroxyl groups is 1. The molecule has 0 aromatic heterocycles. The molecule has 2 aliphatic heterocycles. The fourth-order valence-corrected chi connectivity index (χ4v) is 4.35. The van der Waals surface area contributed by atoms with Gasteiger partial charge in [0, 0.05) is 5.57 Å². The zero-order valence-electron chi connectivity index (χ0n) is 12.5. The normalized spacial score (nSPS) is 27.3. The van der Waals surface area contributed by atoms with Crippen molar-refractivity contribution < 1.29 is 29.1 Å². The number of amides is 2. The van der Waals surface area contributed by atoms with E-state index in [0.717, 1.165) is 4.90 Å². The van der Waals surface area contributed by atoms with Crippen molar-refractivity contribution in [3.8, 4) is 0 Å². The number of rotatable bonds is 7. The van der Waals surface area contributed by atoms with Gasteiger partial charge in [0.1, 0.15) is 23.2 Å². The lowest BCUT2D eigenvalue weighted by atomic mass is 9.83. The zero-order chi connectivity index (χ0) is 17.5. The third-order valence-corrected chi connectivity index (χ3v) is 5.49. The smallest absolute Gasteiger partial charge is 0.352 e. The molecule has 9 nitrogen and oxygen atoms in total. The SMILES string of the molecule is CC(O)C1C(=O)N2C(C(=O)O)=C(C[S+]([O-])CC(N)C(N)=O)CC12. The number of aliphatic hydroxyl groups excluding tert-OH is 1. The van der Waals surface area contributed by atoms with Crippen molar-refractivity contribution in [2.45, 2.75) is 31.5 Å². The van der Waals surface area contributed by atoms with Crippen LogP contribution in [0, 0.1) is 5.92 Å². The summed E-state index contributed by atoms with van der Waals surface area (Å²) in [5.41, 5.74) is 10.6. The Hall–Kier alpha value is -1.62. The Bertz CT molecular complexity index is 578. The van der Waals surface area contributed by atoms with Gasteiger partial charge in [-0.3, -0.25) is 9.59 Å². The van der Waals surface area contributed by atoms with Crippen LogP contribution in [0.25, 0.3) is 0 Å². The van der Waals surface area contributed by atoms with E-state index in [0.29, 0.717) is 5.57 Å². The van der Waals surface area contributed by atoms with E-state index in [2.05, 4.69) is 0 Å². The van der Waals surface area contributed by atoms with Gasteiger partial charge < -0.3 is 31.1 Å². The topological polar surface area (TPSA) is 170 Å². The van der Waals surface area contributed by atoms with Gasteiger partial charge in [-0.1, -0.05) is 0 Å². The molecule has 0 aliphatic carbocycles. The first-order valence-electron chi connectivity index (χ1n) is 7.01. The molecule has 2 heterocycles. The summed E-state index contributed by atoms with van der Waals surface area (Å²) < 4.78 is 12.1. The van der Waals surface area contributed by atoms with Gasteiger partial charge in [-0.15, -0.1) is 0 Å². The van der Waals surface area contributed by atoms with E-state index in [-0.39, 0.29) is 23.6 Å². The Balaban J connectivity index is 2.13. The number of carboxylic acids is 1. The lowest BCUT2D eigenvalue weighted by molar-refractivity contribution is -0.161. The lowest BCUT2D eigenvalue weighted by Gasteiger charge is -2.44. The van der Waals surface area contributed by atoms with E-state index >= 15 is 0 Å². The number of carbonyl (C=O) groups excluding carboxylic acids is 2. The second-order valence-electron chi connectivity index (χ2n) is 5.76. The molecular formula is C13H19N3O6S. The highest BCUT2D eigenvalue weighted by molar-refractivity contribution is 7.91. The second kappa shape index (κ2) is 6.48. The van der Waals surface area contributed by atoms with Crippen molar-refractivity contribution in [2.75, 3.05) is 11.5 Å². The van der Waals surface area contributed by atoms with Crippen LogP contribution in [0.5, 0.6) is 0 Å². The molecule has 6 N–H and O–H groups in total. The maximum Gasteiger partial charge on any atom is 0.352 e. The van der Waals surface area contributed by atoms with Gasteiger partial charge in [0.15, 0.2) is 0 Å². The Morgan fingerprint density at radius 2 is 2.13 bits per heavy atom. The molecule has 2 amide bonds. The Morgan fingerprint density at radius 3 is 2.61 bits per heavy atom. The molecular weight excluding hydrogens is 326 g/mol. The number of nitrogens with two attached hydrogens (primary N) is 2. The third-order valence-electron chi connectivity index (χ3n) is 4.09. The molecule has 0 saturated carbocycles.